The fourth-order valence-electron chi connectivity index (χ4n) is 0.755. The highest BCUT2D eigenvalue weighted by atomic mass is 16.1. The van der Waals surface area contributed by atoms with E-state index in [1.807, 2.05) is 6.92 Å². The van der Waals surface area contributed by atoms with Crippen molar-refractivity contribution in [2.45, 2.75) is 19.8 Å². The lowest BCUT2D eigenvalue weighted by Crippen LogP contribution is -2.11. The van der Waals surface area contributed by atoms with E-state index in [0.717, 1.165) is 6.42 Å². The molecular formula is C7H11N3O. The molecular weight excluding hydrogens is 142 g/mol. The number of aromatic amines is 1. The van der Waals surface area contributed by atoms with Crippen molar-refractivity contribution >= 4 is 11.9 Å². The van der Waals surface area contributed by atoms with Gasteiger partial charge in [0, 0.05) is 18.8 Å². The molecule has 0 atom stereocenters. The molecule has 1 rings (SSSR count). The first kappa shape index (κ1) is 7.78. The quantitative estimate of drug-likeness (QED) is 0.684. The highest BCUT2D eigenvalue weighted by Crippen LogP contribution is 1.97. The second-order valence-corrected chi connectivity index (χ2v) is 2.24. The molecule has 0 fully saturated rings. The van der Waals surface area contributed by atoms with E-state index in [4.69, 9.17) is 0 Å². The van der Waals surface area contributed by atoms with Crippen LogP contribution in [0.4, 0.5) is 5.95 Å². The number of H-pyrrole nitrogens is 1. The van der Waals surface area contributed by atoms with Crippen LogP contribution >= 0.6 is 0 Å². The van der Waals surface area contributed by atoms with E-state index in [0.29, 0.717) is 12.4 Å². The maximum atomic E-state index is 10.9. The van der Waals surface area contributed by atoms with Gasteiger partial charge in [0.25, 0.3) is 0 Å². The summed E-state index contributed by atoms with van der Waals surface area (Å²) >= 11 is 0. The van der Waals surface area contributed by atoms with E-state index in [1.165, 1.54) is 0 Å². The number of nitrogens with one attached hydrogen (secondary N) is 2. The molecule has 1 amide bonds. The van der Waals surface area contributed by atoms with Crippen molar-refractivity contribution in [3.05, 3.63) is 12.4 Å². The molecule has 1 aromatic rings. The zero-order chi connectivity index (χ0) is 8.10. The molecule has 0 bridgehead atoms. The predicted octanol–water partition coefficient (Wildman–Crippen LogP) is 1.15. The van der Waals surface area contributed by atoms with Gasteiger partial charge in [-0.15, -0.1) is 0 Å². The molecule has 0 aromatic carbocycles. The second-order valence-electron chi connectivity index (χ2n) is 2.24. The molecule has 1 heterocycles. The fraction of sp³-hybridized carbons (Fsp3) is 0.429. The third-order valence-electron chi connectivity index (χ3n) is 1.23. The summed E-state index contributed by atoms with van der Waals surface area (Å²) in [6.45, 7) is 1.96. The SMILES string of the molecule is CCCC(=O)Nc1ncc[nH]1. The van der Waals surface area contributed by atoms with Crippen molar-refractivity contribution in [2.24, 2.45) is 0 Å². The lowest BCUT2D eigenvalue weighted by molar-refractivity contribution is -0.116. The van der Waals surface area contributed by atoms with Gasteiger partial charge in [0.15, 0.2) is 0 Å². The number of nitrogens with zero attached hydrogens (tertiary/aromatic N) is 1. The Labute approximate surface area is 65.0 Å². The molecule has 0 aliphatic carbocycles. The van der Waals surface area contributed by atoms with Gasteiger partial charge in [0.05, 0.1) is 0 Å². The van der Waals surface area contributed by atoms with Crippen molar-refractivity contribution in [1.82, 2.24) is 9.97 Å². The number of hydrogen-bond donors (Lipinski definition) is 2. The highest BCUT2D eigenvalue weighted by molar-refractivity contribution is 5.88. The van der Waals surface area contributed by atoms with Gasteiger partial charge < -0.3 is 4.98 Å². The van der Waals surface area contributed by atoms with Crippen molar-refractivity contribution < 1.29 is 4.79 Å². The third-order valence-corrected chi connectivity index (χ3v) is 1.23. The maximum Gasteiger partial charge on any atom is 0.226 e. The fourth-order valence-corrected chi connectivity index (χ4v) is 0.755. The Bertz CT molecular complexity index is 218. The first-order chi connectivity index (χ1) is 5.33. The number of carbonyl (C=O) groups is 1. The van der Waals surface area contributed by atoms with Crippen LogP contribution in [0.1, 0.15) is 19.8 Å². The van der Waals surface area contributed by atoms with Gasteiger partial charge >= 0.3 is 0 Å². The predicted molar refractivity (Wildman–Crippen MR) is 42.1 cm³/mol. The molecule has 2 N–H and O–H groups in total. The van der Waals surface area contributed by atoms with E-state index in [9.17, 15) is 4.79 Å². The number of amides is 1. The number of anilines is 1. The lowest BCUT2D eigenvalue weighted by atomic mass is 10.3. The average molecular weight is 153 g/mol. The molecule has 0 unspecified atom stereocenters. The molecule has 0 saturated heterocycles. The summed E-state index contributed by atoms with van der Waals surface area (Å²) in [7, 11) is 0. The van der Waals surface area contributed by atoms with Crippen LogP contribution in [0.15, 0.2) is 12.4 Å². The van der Waals surface area contributed by atoms with Crippen LogP contribution in [0, 0.1) is 0 Å². The number of aromatic nitrogens is 2. The van der Waals surface area contributed by atoms with Crippen LogP contribution in [-0.4, -0.2) is 15.9 Å². The summed E-state index contributed by atoms with van der Waals surface area (Å²) in [4.78, 5) is 17.6. The van der Waals surface area contributed by atoms with Crippen LogP contribution in [0.25, 0.3) is 0 Å². The zero-order valence-electron chi connectivity index (χ0n) is 6.42. The molecule has 11 heavy (non-hydrogen) atoms. The molecule has 60 valence electrons. The van der Waals surface area contributed by atoms with Crippen molar-refractivity contribution in [1.29, 1.82) is 0 Å². The molecule has 1 aromatic heterocycles. The lowest BCUT2D eigenvalue weighted by Gasteiger charge is -1.97. The highest BCUT2D eigenvalue weighted by Gasteiger charge is 2.00. The van der Waals surface area contributed by atoms with Crippen LogP contribution in [-0.2, 0) is 4.79 Å². The third kappa shape index (κ3) is 2.41. The summed E-state index contributed by atoms with van der Waals surface area (Å²) in [5.41, 5.74) is 0. The van der Waals surface area contributed by atoms with Crippen LogP contribution in [0.2, 0.25) is 0 Å². The zero-order valence-corrected chi connectivity index (χ0v) is 6.42. The first-order valence-corrected chi connectivity index (χ1v) is 3.62. The Morgan fingerprint density at radius 2 is 2.64 bits per heavy atom. The summed E-state index contributed by atoms with van der Waals surface area (Å²) in [5.74, 6) is 0.519. The van der Waals surface area contributed by atoms with Crippen molar-refractivity contribution in [3.63, 3.8) is 0 Å². The van der Waals surface area contributed by atoms with Gasteiger partial charge in [0.1, 0.15) is 0 Å². The minimum atomic E-state index is 0.00227. The van der Waals surface area contributed by atoms with Gasteiger partial charge in [-0.1, -0.05) is 6.92 Å². The van der Waals surface area contributed by atoms with Crippen LogP contribution in [0.5, 0.6) is 0 Å². The van der Waals surface area contributed by atoms with E-state index in [2.05, 4.69) is 15.3 Å². The Morgan fingerprint density at radius 1 is 1.82 bits per heavy atom. The topological polar surface area (TPSA) is 57.8 Å². The smallest absolute Gasteiger partial charge is 0.226 e. The molecule has 0 aliphatic heterocycles. The summed E-state index contributed by atoms with van der Waals surface area (Å²) in [6, 6.07) is 0. The number of rotatable bonds is 3. The van der Waals surface area contributed by atoms with Crippen LogP contribution < -0.4 is 5.32 Å². The minimum Gasteiger partial charge on any atom is -0.331 e. The largest absolute Gasteiger partial charge is 0.331 e. The molecule has 0 saturated carbocycles. The summed E-state index contributed by atoms with van der Waals surface area (Å²) < 4.78 is 0. The van der Waals surface area contributed by atoms with E-state index < -0.39 is 0 Å². The molecule has 4 heteroatoms. The average Bonchev–Trinajstić information content (AvgIpc) is 2.40. The molecule has 0 radical (unpaired) electrons. The van der Waals surface area contributed by atoms with Gasteiger partial charge in [0.2, 0.25) is 11.9 Å². The minimum absolute atomic E-state index is 0.00227. The number of imidazole rings is 1. The molecule has 0 spiro atoms. The Morgan fingerprint density at radius 3 is 3.18 bits per heavy atom. The Hall–Kier alpha value is -1.32. The molecule has 0 aliphatic rings. The van der Waals surface area contributed by atoms with Gasteiger partial charge in [-0.25, -0.2) is 4.98 Å². The summed E-state index contributed by atoms with van der Waals surface area (Å²) in [5, 5.41) is 2.62. The number of carbonyl (C=O) groups excluding carboxylic acids is 1. The standard InChI is InChI=1S/C7H11N3O/c1-2-3-6(11)10-7-8-4-5-9-7/h4-5H,2-3H2,1H3,(H2,8,9,10,11). The monoisotopic (exact) mass is 153 g/mol. The second kappa shape index (κ2) is 3.75. The van der Waals surface area contributed by atoms with Gasteiger partial charge in [-0.2, -0.15) is 0 Å². The van der Waals surface area contributed by atoms with Crippen molar-refractivity contribution in [3.8, 4) is 0 Å². The Balaban J connectivity index is 2.37. The number of hydrogen-bond acceptors (Lipinski definition) is 2. The van der Waals surface area contributed by atoms with Crippen LogP contribution in [0.3, 0.4) is 0 Å². The molecule has 4 nitrogen and oxygen atoms in total. The Kier molecular flexibility index (Phi) is 2.66. The normalized spacial score (nSPS) is 9.55. The van der Waals surface area contributed by atoms with Gasteiger partial charge in [-0.3, -0.25) is 10.1 Å². The maximum absolute atomic E-state index is 10.9. The summed E-state index contributed by atoms with van der Waals surface area (Å²) in [6.07, 6.45) is 4.66. The van der Waals surface area contributed by atoms with Gasteiger partial charge in [-0.05, 0) is 6.42 Å². The van der Waals surface area contributed by atoms with E-state index in [1.54, 1.807) is 12.4 Å². The van der Waals surface area contributed by atoms with E-state index >= 15 is 0 Å². The van der Waals surface area contributed by atoms with Crippen molar-refractivity contribution in [2.75, 3.05) is 5.32 Å². The van der Waals surface area contributed by atoms with E-state index in [-0.39, 0.29) is 5.91 Å². The first-order valence-electron chi connectivity index (χ1n) is 3.62.